The molecule has 1 atom stereocenters. The number of carbonyl (C=O) groups is 4. The first kappa shape index (κ1) is 24.6. The van der Waals surface area contributed by atoms with Gasteiger partial charge in [0, 0.05) is 12.1 Å². The average Bonchev–Trinajstić information content (AvgIpc) is 3.19. The number of hydrogen-bond donors (Lipinski definition) is 2. The van der Waals surface area contributed by atoms with Crippen molar-refractivity contribution in [2.24, 2.45) is 5.92 Å². The minimum atomic E-state index is -0.819. The SMILES string of the molecule is COc1cccc(OC)c1C(=O)NN1C[C@@H](C(=O)OCC(=O)Nc2cccc(C)c2C)CC1=O. The second-order valence-corrected chi connectivity index (χ2v) is 7.79. The second-order valence-electron chi connectivity index (χ2n) is 7.79. The maximum absolute atomic E-state index is 12.8. The van der Waals surface area contributed by atoms with Gasteiger partial charge in [-0.2, -0.15) is 0 Å². The molecule has 0 unspecified atom stereocenters. The quantitative estimate of drug-likeness (QED) is 0.567. The first-order valence-corrected chi connectivity index (χ1v) is 10.6. The van der Waals surface area contributed by atoms with Gasteiger partial charge >= 0.3 is 5.97 Å². The zero-order chi connectivity index (χ0) is 24.8. The lowest BCUT2D eigenvalue weighted by Gasteiger charge is -2.19. The molecule has 1 aliphatic heterocycles. The van der Waals surface area contributed by atoms with Gasteiger partial charge in [0.1, 0.15) is 17.1 Å². The number of nitrogens with zero attached hydrogens (tertiary/aromatic N) is 1. The molecule has 0 saturated carbocycles. The first-order valence-electron chi connectivity index (χ1n) is 10.6. The number of amides is 3. The number of carbonyl (C=O) groups excluding carboxylic acids is 4. The molecule has 1 saturated heterocycles. The molecule has 1 fully saturated rings. The van der Waals surface area contributed by atoms with Crippen LogP contribution in [0.3, 0.4) is 0 Å². The van der Waals surface area contributed by atoms with Crippen LogP contribution in [0, 0.1) is 19.8 Å². The van der Waals surface area contributed by atoms with Gasteiger partial charge in [-0.3, -0.25) is 29.6 Å². The molecular formula is C24H27N3O7. The summed E-state index contributed by atoms with van der Waals surface area (Å²) in [4.78, 5) is 49.8. The molecule has 1 heterocycles. The molecule has 10 heteroatoms. The molecule has 0 bridgehead atoms. The normalized spacial score (nSPS) is 15.0. The topological polar surface area (TPSA) is 123 Å². The van der Waals surface area contributed by atoms with Gasteiger partial charge in [-0.05, 0) is 43.2 Å². The van der Waals surface area contributed by atoms with Gasteiger partial charge in [0.25, 0.3) is 11.8 Å². The van der Waals surface area contributed by atoms with Crippen LogP contribution in [0.1, 0.15) is 27.9 Å². The minimum absolute atomic E-state index is 0.0839. The third-order valence-electron chi connectivity index (χ3n) is 5.57. The maximum Gasteiger partial charge on any atom is 0.311 e. The number of ether oxygens (including phenoxy) is 3. The highest BCUT2D eigenvalue weighted by molar-refractivity contribution is 6.01. The minimum Gasteiger partial charge on any atom is -0.496 e. The lowest BCUT2D eigenvalue weighted by atomic mass is 10.1. The summed E-state index contributed by atoms with van der Waals surface area (Å²) in [5.74, 6) is -2.53. The Kier molecular flexibility index (Phi) is 7.72. The highest BCUT2D eigenvalue weighted by Crippen LogP contribution is 2.28. The van der Waals surface area contributed by atoms with Crippen LogP contribution in [0.4, 0.5) is 5.69 Å². The Labute approximate surface area is 197 Å². The van der Waals surface area contributed by atoms with E-state index in [1.807, 2.05) is 26.0 Å². The average molecular weight is 469 g/mol. The number of aryl methyl sites for hydroxylation is 1. The van der Waals surface area contributed by atoms with E-state index in [4.69, 9.17) is 14.2 Å². The van der Waals surface area contributed by atoms with E-state index in [9.17, 15) is 19.2 Å². The first-order chi connectivity index (χ1) is 16.2. The van der Waals surface area contributed by atoms with Crippen LogP contribution in [0.15, 0.2) is 36.4 Å². The van der Waals surface area contributed by atoms with Crippen molar-refractivity contribution < 1.29 is 33.4 Å². The maximum atomic E-state index is 12.8. The van der Waals surface area contributed by atoms with Crippen LogP contribution < -0.4 is 20.2 Å². The van der Waals surface area contributed by atoms with Crippen molar-refractivity contribution in [1.82, 2.24) is 10.4 Å². The van der Waals surface area contributed by atoms with Gasteiger partial charge in [0.05, 0.1) is 26.7 Å². The number of methoxy groups -OCH3 is 2. The number of hydrazine groups is 1. The fourth-order valence-electron chi connectivity index (χ4n) is 3.55. The molecule has 0 aromatic heterocycles. The van der Waals surface area contributed by atoms with Gasteiger partial charge in [-0.1, -0.05) is 18.2 Å². The Morgan fingerprint density at radius 3 is 2.32 bits per heavy atom. The lowest BCUT2D eigenvalue weighted by Crippen LogP contribution is -2.43. The third kappa shape index (κ3) is 5.45. The van der Waals surface area contributed by atoms with Crippen LogP contribution in [0.25, 0.3) is 0 Å². The van der Waals surface area contributed by atoms with Gasteiger partial charge in [0.2, 0.25) is 5.91 Å². The largest absolute Gasteiger partial charge is 0.496 e. The van der Waals surface area contributed by atoms with E-state index in [1.165, 1.54) is 14.2 Å². The summed E-state index contributed by atoms with van der Waals surface area (Å²) in [6, 6.07) is 10.3. The Balaban J connectivity index is 1.56. The number of nitrogens with one attached hydrogen (secondary N) is 2. The molecule has 2 aromatic rings. The highest BCUT2D eigenvalue weighted by Gasteiger charge is 2.37. The summed E-state index contributed by atoms with van der Waals surface area (Å²) in [5, 5.41) is 3.76. The predicted molar refractivity (Wildman–Crippen MR) is 122 cm³/mol. The van der Waals surface area contributed by atoms with E-state index < -0.39 is 36.2 Å². The number of rotatable bonds is 8. The summed E-state index contributed by atoms with van der Waals surface area (Å²) >= 11 is 0. The van der Waals surface area contributed by atoms with Crippen LogP contribution in [0.5, 0.6) is 11.5 Å². The highest BCUT2D eigenvalue weighted by atomic mass is 16.5. The van der Waals surface area contributed by atoms with Gasteiger partial charge in [-0.25, -0.2) is 0 Å². The van der Waals surface area contributed by atoms with E-state index >= 15 is 0 Å². The Hall–Kier alpha value is -4.08. The van der Waals surface area contributed by atoms with Crippen molar-refractivity contribution in [1.29, 1.82) is 0 Å². The fourth-order valence-corrected chi connectivity index (χ4v) is 3.55. The van der Waals surface area contributed by atoms with Crippen molar-refractivity contribution in [3.8, 4) is 11.5 Å². The molecule has 34 heavy (non-hydrogen) atoms. The van der Waals surface area contributed by atoms with Crippen LogP contribution in [-0.2, 0) is 19.1 Å². The van der Waals surface area contributed by atoms with Crippen molar-refractivity contribution in [2.75, 3.05) is 32.7 Å². The monoisotopic (exact) mass is 469 g/mol. The molecule has 0 aliphatic carbocycles. The Bertz CT molecular complexity index is 1090. The molecule has 2 N–H and O–H groups in total. The molecule has 3 rings (SSSR count). The number of benzene rings is 2. The molecule has 10 nitrogen and oxygen atoms in total. The second kappa shape index (κ2) is 10.7. The van der Waals surface area contributed by atoms with Crippen molar-refractivity contribution in [2.45, 2.75) is 20.3 Å². The molecule has 0 radical (unpaired) electrons. The van der Waals surface area contributed by atoms with Crippen molar-refractivity contribution in [3.63, 3.8) is 0 Å². The van der Waals surface area contributed by atoms with Gasteiger partial charge in [0.15, 0.2) is 6.61 Å². The lowest BCUT2D eigenvalue weighted by molar-refractivity contribution is -0.151. The Morgan fingerprint density at radius 2 is 1.68 bits per heavy atom. The smallest absolute Gasteiger partial charge is 0.311 e. The molecule has 3 amide bonds. The zero-order valence-electron chi connectivity index (χ0n) is 19.5. The molecule has 1 aliphatic rings. The van der Waals surface area contributed by atoms with Crippen LogP contribution in [-0.4, -0.2) is 56.1 Å². The van der Waals surface area contributed by atoms with E-state index in [1.54, 1.807) is 24.3 Å². The van der Waals surface area contributed by atoms with E-state index in [-0.39, 0.29) is 30.0 Å². The van der Waals surface area contributed by atoms with E-state index in [0.29, 0.717) is 5.69 Å². The summed E-state index contributed by atoms with van der Waals surface area (Å²) in [6.07, 6.45) is -0.152. The fraction of sp³-hybridized carbons (Fsp3) is 0.333. The summed E-state index contributed by atoms with van der Waals surface area (Å²) in [6.45, 7) is 3.24. The summed E-state index contributed by atoms with van der Waals surface area (Å²) in [7, 11) is 2.82. The molecule has 180 valence electrons. The summed E-state index contributed by atoms with van der Waals surface area (Å²) in [5.41, 5.74) is 5.18. The summed E-state index contributed by atoms with van der Waals surface area (Å²) < 4.78 is 15.5. The van der Waals surface area contributed by atoms with Crippen LogP contribution >= 0.6 is 0 Å². The Morgan fingerprint density at radius 1 is 1.03 bits per heavy atom. The molecule has 2 aromatic carbocycles. The van der Waals surface area contributed by atoms with Gasteiger partial charge in [-0.15, -0.1) is 0 Å². The van der Waals surface area contributed by atoms with Crippen molar-refractivity contribution in [3.05, 3.63) is 53.1 Å². The van der Waals surface area contributed by atoms with E-state index in [0.717, 1.165) is 16.1 Å². The molecular weight excluding hydrogens is 442 g/mol. The van der Waals surface area contributed by atoms with E-state index in [2.05, 4.69) is 10.7 Å². The third-order valence-corrected chi connectivity index (χ3v) is 5.57. The number of esters is 1. The van der Waals surface area contributed by atoms with Gasteiger partial charge < -0.3 is 19.5 Å². The number of hydrogen-bond acceptors (Lipinski definition) is 7. The van der Waals surface area contributed by atoms with Crippen LogP contribution in [0.2, 0.25) is 0 Å². The standard InChI is InChI=1S/C24H27N3O7/c1-14-7-5-8-17(15(14)2)25-20(28)13-34-24(31)16-11-21(29)27(12-16)26-23(30)22-18(32-3)9-6-10-19(22)33-4/h5-10,16H,11-13H2,1-4H3,(H,25,28)(H,26,30)/t16-/m0/s1. The van der Waals surface area contributed by atoms with Crippen molar-refractivity contribution >= 4 is 29.4 Å². The number of anilines is 1. The molecule has 0 spiro atoms. The predicted octanol–water partition coefficient (Wildman–Crippen LogP) is 2.00. The zero-order valence-corrected chi connectivity index (χ0v) is 19.5.